The Morgan fingerprint density at radius 1 is 0.613 bits per heavy atom. The first-order valence-electron chi connectivity index (χ1n) is 13.5. The first-order chi connectivity index (χ1) is 15.1. The van der Waals surface area contributed by atoms with Crippen LogP contribution in [0.2, 0.25) is 0 Å². The van der Waals surface area contributed by atoms with Gasteiger partial charge in [0.25, 0.3) is 0 Å². The largest absolute Gasteiger partial charge is 0.331 e. The van der Waals surface area contributed by atoms with Crippen molar-refractivity contribution >= 4 is 7.60 Å². The second kappa shape index (κ2) is 19.5. The van der Waals surface area contributed by atoms with Gasteiger partial charge in [0.15, 0.2) is 0 Å². The number of rotatable bonds is 22. The number of nitrogens with zero attached hydrogens (tertiary/aromatic N) is 2. The number of hydrogen-bond donors (Lipinski definition) is 0. The molecule has 0 aromatic heterocycles. The minimum Gasteiger partial charge on any atom is -0.309 e. The van der Waals surface area contributed by atoms with E-state index in [0.29, 0.717) is 19.4 Å². The molecule has 1 rings (SSSR count). The highest BCUT2D eigenvalue weighted by atomic mass is 31.2. The van der Waals surface area contributed by atoms with E-state index in [-0.39, 0.29) is 0 Å². The lowest BCUT2D eigenvalue weighted by atomic mass is 10.0. The zero-order chi connectivity index (χ0) is 22.6. The van der Waals surface area contributed by atoms with Crippen molar-refractivity contribution in [2.45, 2.75) is 111 Å². The number of hydrogen-bond acceptors (Lipinski definition) is 5. The quantitative estimate of drug-likeness (QED) is 0.125. The lowest BCUT2D eigenvalue weighted by Gasteiger charge is -2.21. The molecule has 1 aliphatic rings. The second-order valence-corrected chi connectivity index (χ2v) is 11.3. The Hall–Kier alpha value is 0.0700. The summed E-state index contributed by atoms with van der Waals surface area (Å²) in [5.41, 5.74) is 0. The molecule has 0 saturated carbocycles. The van der Waals surface area contributed by atoms with Gasteiger partial charge in [-0.25, -0.2) is 0 Å². The van der Waals surface area contributed by atoms with Crippen molar-refractivity contribution < 1.29 is 13.6 Å². The second-order valence-electron chi connectivity index (χ2n) is 9.14. The molecular formula is C25H53N2O3P. The van der Waals surface area contributed by atoms with Crippen LogP contribution in [0.1, 0.15) is 111 Å². The fourth-order valence-corrected chi connectivity index (χ4v) is 6.07. The van der Waals surface area contributed by atoms with Crippen molar-refractivity contribution in [3.8, 4) is 0 Å². The molecule has 6 heteroatoms. The van der Waals surface area contributed by atoms with Gasteiger partial charge in [0, 0.05) is 19.6 Å². The van der Waals surface area contributed by atoms with Gasteiger partial charge in [-0.15, -0.1) is 0 Å². The van der Waals surface area contributed by atoms with Crippen molar-refractivity contribution in [3.63, 3.8) is 0 Å². The average molecular weight is 461 g/mol. The van der Waals surface area contributed by atoms with Gasteiger partial charge >= 0.3 is 7.60 Å². The van der Waals surface area contributed by atoms with Crippen LogP contribution in [0.15, 0.2) is 0 Å². The first-order valence-corrected chi connectivity index (χ1v) is 15.2. The van der Waals surface area contributed by atoms with Crippen LogP contribution in [0, 0.1) is 0 Å². The minimum absolute atomic E-state index is 0.447. The molecule has 0 aromatic rings. The van der Waals surface area contributed by atoms with Crippen LogP contribution < -0.4 is 0 Å². The van der Waals surface area contributed by atoms with Crippen molar-refractivity contribution in [3.05, 3.63) is 0 Å². The Balaban J connectivity index is 1.91. The fourth-order valence-electron chi connectivity index (χ4n) is 4.43. The molecule has 0 unspecified atom stereocenters. The zero-order valence-electron chi connectivity index (χ0n) is 21.1. The molecule has 0 atom stereocenters. The maximum atomic E-state index is 12.6. The van der Waals surface area contributed by atoms with Gasteiger partial charge in [-0.3, -0.25) is 14.4 Å². The number of unbranched alkanes of at least 4 members (excludes halogenated alkanes) is 13. The van der Waals surface area contributed by atoms with Gasteiger partial charge in [0.1, 0.15) is 0 Å². The Morgan fingerprint density at radius 2 is 1.03 bits per heavy atom. The molecule has 0 aliphatic carbocycles. The third-order valence-corrected chi connectivity index (χ3v) is 8.35. The molecule has 0 bridgehead atoms. The van der Waals surface area contributed by atoms with E-state index in [1.165, 1.54) is 96.4 Å². The molecule has 31 heavy (non-hydrogen) atoms. The Kier molecular flexibility index (Phi) is 18.3. The molecule has 186 valence electrons. The molecule has 0 amide bonds. The van der Waals surface area contributed by atoms with Crippen LogP contribution in [-0.2, 0) is 13.6 Å². The standard InChI is InChI=1S/C25H53N2O3P/c1-4-7-8-9-10-11-12-13-14-15-16-17-18-19-20-26-21-22-27(25-26)23-24-31(28,29-5-2)30-6-3/h4-25H2,1-3H3. The molecule has 5 nitrogen and oxygen atoms in total. The van der Waals surface area contributed by atoms with E-state index >= 15 is 0 Å². The lowest BCUT2D eigenvalue weighted by molar-refractivity contribution is 0.209. The van der Waals surface area contributed by atoms with Crippen molar-refractivity contribution in [2.24, 2.45) is 0 Å². The van der Waals surface area contributed by atoms with Crippen LogP contribution in [-0.4, -0.2) is 62.0 Å². The third-order valence-electron chi connectivity index (χ3n) is 6.30. The minimum atomic E-state index is -2.90. The van der Waals surface area contributed by atoms with Crippen LogP contribution in [0.3, 0.4) is 0 Å². The highest BCUT2D eigenvalue weighted by Crippen LogP contribution is 2.47. The third kappa shape index (κ3) is 15.5. The molecule has 0 spiro atoms. The van der Waals surface area contributed by atoms with Gasteiger partial charge in [-0.1, -0.05) is 90.4 Å². The molecular weight excluding hydrogens is 407 g/mol. The highest BCUT2D eigenvalue weighted by Gasteiger charge is 2.26. The molecule has 1 fully saturated rings. The van der Waals surface area contributed by atoms with Gasteiger partial charge in [-0.05, 0) is 26.8 Å². The van der Waals surface area contributed by atoms with Gasteiger partial charge in [0.05, 0.1) is 26.0 Å². The van der Waals surface area contributed by atoms with Gasteiger partial charge < -0.3 is 9.05 Å². The maximum Gasteiger partial charge on any atom is 0.331 e. The van der Waals surface area contributed by atoms with Crippen LogP contribution in [0.5, 0.6) is 0 Å². The summed E-state index contributed by atoms with van der Waals surface area (Å²) >= 11 is 0. The summed E-state index contributed by atoms with van der Waals surface area (Å²) in [7, 11) is -2.90. The molecule has 1 saturated heterocycles. The van der Waals surface area contributed by atoms with Crippen molar-refractivity contribution in [2.75, 3.05) is 52.2 Å². The summed E-state index contributed by atoms with van der Waals surface area (Å²) < 4.78 is 23.4. The average Bonchev–Trinajstić information content (AvgIpc) is 3.21. The fraction of sp³-hybridized carbons (Fsp3) is 1.00. The summed E-state index contributed by atoms with van der Waals surface area (Å²) in [5, 5.41) is 0. The smallest absolute Gasteiger partial charge is 0.309 e. The Labute approximate surface area is 194 Å². The monoisotopic (exact) mass is 460 g/mol. The Bertz CT molecular complexity index is 440. The van der Waals surface area contributed by atoms with E-state index < -0.39 is 7.60 Å². The SMILES string of the molecule is CCCCCCCCCCCCCCCCN1CCN(CCP(=O)(OCC)OCC)C1. The van der Waals surface area contributed by atoms with E-state index in [2.05, 4.69) is 16.7 Å². The predicted molar refractivity (Wildman–Crippen MR) is 134 cm³/mol. The zero-order valence-corrected chi connectivity index (χ0v) is 22.0. The first kappa shape index (κ1) is 29.1. The van der Waals surface area contributed by atoms with E-state index in [0.717, 1.165) is 26.3 Å². The maximum absolute atomic E-state index is 12.6. The normalized spacial score (nSPS) is 15.8. The van der Waals surface area contributed by atoms with Crippen molar-refractivity contribution in [1.29, 1.82) is 0 Å². The highest BCUT2D eigenvalue weighted by molar-refractivity contribution is 7.53. The van der Waals surface area contributed by atoms with Crippen LogP contribution >= 0.6 is 7.60 Å². The Morgan fingerprint density at radius 3 is 1.48 bits per heavy atom. The van der Waals surface area contributed by atoms with Gasteiger partial charge in [0.2, 0.25) is 0 Å². The summed E-state index contributed by atoms with van der Waals surface area (Å²) in [6.45, 7) is 12.1. The molecule has 0 N–H and O–H groups in total. The summed E-state index contributed by atoms with van der Waals surface area (Å²) in [6.07, 6.45) is 20.3. The van der Waals surface area contributed by atoms with Crippen LogP contribution in [0.4, 0.5) is 0 Å². The van der Waals surface area contributed by atoms with E-state index in [1.54, 1.807) is 0 Å². The summed E-state index contributed by atoms with van der Waals surface area (Å²) in [5.74, 6) is 0. The lowest BCUT2D eigenvalue weighted by Crippen LogP contribution is -2.28. The summed E-state index contributed by atoms with van der Waals surface area (Å²) in [4.78, 5) is 4.92. The topological polar surface area (TPSA) is 42.0 Å². The summed E-state index contributed by atoms with van der Waals surface area (Å²) in [6, 6.07) is 0. The van der Waals surface area contributed by atoms with Crippen LogP contribution in [0.25, 0.3) is 0 Å². The molecule has 0 aromatic carbocycles. The molecule has 1 heterocycles. The molecule has 0 radical (unpaired) electrons. The van der Waals surface area contributed by atoms with E-state index in [9.17, 15) is 4.57 Å². The van der Waals surface area contributed by atoms with Gasteiger partial charge in [-0.2, -0.15) is 0 Å². The molecule has 1 aliphatic heterocycles. The predicted octanol–water partition coefficient (Wildman–Crippen LogP) is 7.31. The van der Waals surface area contributed by atoms with Crippen molar-refractivity contribution in [1.82, 2.24) is 9.80 Å². The van der Waals surface area contributed by atoms with E-state index in [1.807, 2.05) is 13.8 Å². The van der Waals surface area contributed by atoms with E-state index in [4.69, 9.17) is 9.05 Å².